The van der Waals surface area contributed by atoms with Crippen molar-refractivity contribution in [2.24, 2.45) is 0 Å². The Morgan fingerprint density at radius 3 is 2.46 bits per heavy atom. The molecule has 0 aliphatic carbocycles. The zero-order valence-corrected chi connectivity index (χ0v) is 19.4. The van der Waals surface area contributed by atoms with Gasteiger partial charge in [-0.05, 0) is 28.5 Å². The van der Waals surface area contributed by atoms with Crippen LogP contribution in [0.2, 0.25) is 0 Å². The molecule has 0 unspecified atom stereocenters. The van der Waals surface area contributed by atoms with Crippen LogP contribution in [0.4, 0.5) is 0 Å². The summed E-state index contributed by atoms with van der Waals surface area (Å²) in [5.74, 6) is 1.92. The molecule has 0 aliphatic rings. The minimum absolute atomic E-state index is 0.105. The number of carbonyl (C=O) groups excluding carboxylic acids is 1. The van der Waals surface area contributed by atoms with E-state index in [1.54, 1.807) is 39.3 Å². The summed E-state index contributed by atoms with van der Waals surface area (Å²) in [5, 5.41) is 10.5. The van der Waals surface area contributed by atoms with Crippen LogP contribution in [0.3, 0.4) is 0 Å². The summed E-state index contributed by atoms with van der Waals surface area (Å²) in [7, 11) is 1.84. The second-order valence-corrected chi connectivity index (χ2v) is 11.1. The van der Waals surface area contributed by atoms with Crippen molar-refractivity contribution in [2.45, 2.75) is 40.7 Å². The normalized spacial score (nSPS) is 11.1. The van der Waals surface area contributed by atoms with E-state index in [4.69, 9.17) is 0 Å². The molecule has 0 spiro atoms. The van der Waals surface area contributed by atoms with Crippen LogP contribution in [0, 0.1) is 0 Å². The van der Waals surface area contributed by atoms with Crippen LogP contribution in [0.5, 0.6) is 0 Å². The first-order valence-corrected chi connectivity index (χ1v) is 12.6. The lowest BCUT2D eigenvalue weighted by atomic mass is 10.0. The molecule has 1 amide bonds. The number of benzene rings is 1. The maximum absolute atomic E-state index is 12.3. The number of hydrogen-bond acceptors (Lipinski definition) is 7. The van der Waals surface area contributed by atoms with E-state index in [1.165, 1.54) is 27.8 Å². The fraction of sp³-hybridized carbons (Fsp3) is 0.350. The molecule has 2 aromatic heterocycles. The van der Waals surface area contributed by atoms with Crippen LogP contribution in [0.1, 0.15) is 35.8 Å². The first-order valence-electron chi connectivity index (χ1n) is 8.95. The number of carbonyl (C=O) groups is 1. The summed E-state index contributed by atoms with van der Waals surface area (Å²) >= 11 is 6.37. The standard InChI is InChI=1S/C20H23N3OS4/c1-14(2)16-8-6-15(7-9-16)12-26-19-21-22-20(28-19)27-13-18(24)23(3)11-17-5-4-10-25-17/h4-10,14H,11-13H2,1-3H3. The number of nitrogens with zero attached hydrogens (tertiary/aromatic N) is 3. The monoisotopic (exact) mass is 449 g/mol. The second-order valence-electron chi connectivity index (χ2n) is 6.64. The van der Waals surface area contributed by atoms with Gasteiger partial charge in [0.1, 0.15) is 0 Å². The van der Waals surface area contributed by atoms with Gasteiger partial charge in [-0.3, -0.25) is 4.79 Å². The number of rotatable bonds is 9. The zero-order valence-electron chi connectivity index (χ0n) is 16.1. The molecule has 0 atom stereocenters. The molecule has 2 heterocycles. The predicted octanol–water partition coefficient (Wildman–Crippen LogP) is 5.77. The molecule has 4 nitrogen and oxygen atoms in total. The van der Waals surface area contributed by atoms with Gasteiger partial charge < -0.3 is 4.90 Å². The van der Waals surface area contributed by atoms with Gasteiger partial charge in [-0.15, -0.1) is 21.5 Å². The molecule has 0 fully saturated rings. The van der Waals surface area contributed by atoms with Crippen molar-refractivity contribution < 1.29 is 4.79 Å². The number of aromatic nitrogens is 2. The fourth-order valence-corrected chi connectivity index (χ4v) is 6.09. The highest BCUT2D eigenvalue weighted by Crippen LogP contribution is 2.31. The number of thioether (sulfide) groups is 2. The van der Waals surface area contributed by atoms with Gasteiger partial charge in [0.25, 0.3) is 0 Å². The summed E-state index contributed by atoms with van der Waals surface area (Å²) in [6, 6.07) is 12.8. The summed E-state index contributed by atoms with van der Waals surface area (Å²) < 4.78 is 1.78. The number of thiophene rings is 1. The number of hydrogen-bond donors (Lipinski definition) is 0. The first kappa shape index (κ1) is 21.4. The van der Waals surface area contributed by atoms with Crippen LogP contribution >= 0.6 is 46.2 Å². The van der Waals surface area contributed by atoms with E-state index in [9.17, 15) is 4.79 Å². The summed E-state index contributed by atoms with van der Waals surface area (Å²) in [5.41, 5.74) is 2.64. The van der Waals surface area contributed by atoms with Gasteiger partial charge in [0, 0.05) is 17.7 Å². The van der Waals surface area contributed by atoms with Crippen LogP contribution in [-0.4, -0.2) is 33.8 Å². The maximum Gasteiger partial charge on any atom is 0.233 e. The summed E-state index contributed by atoms with van der Waals surface area (Å²) in [4.78, 5) is 15.2. The van der Waals surface area contributed by atoms with Gasteiger partial charge in [0.05, 0.1) is 12.3 Å². The van der Waals surface area contributed by atoms with Crippen LogP contribution in [0.15, 0.2) is 50.5 Å². The molecule has 0 radical (unpaired) electrons. The predicted molar refractivity (Wildman–Crippen MR) is 122 cm³/mol. The molecule has 28 heavy (non-hydrogen) atoms. The Labute approximate surface area is 182 Å². The topological polar surface area (TPSA) is 46.1 Å². The highest BCUT2D eigenvalue weighted by Gasteiger charge is 2.13. The molecule has 148 valence electrons. The third kappa shape index (κ3) is 6.34. The van der Waals surface area contributed by atoms with Crippen LogP contribution in [-0.2, 0) is 17.1 Å². The van der Waals surface area contributed by atoms with Gasteiger partial charge in [-0.1, -0.05) is 79.0 Å². The van der Waals surface area contributed by atoms with Gasteiger partial charge in [0.2, 0.25) is 5.91 Å². The molecule has 8 heteroatoms. The average molecular weight is 450 g/mol. The highest BCUT2D eigenvalue weighted by molar-refractivity contribution is 8.03. The SMILES string of the molecule is CC(C)c1ccc(CSc2nnc(SCC(=O)N(C)Cc3cccs3)s2)cc1. The summed E-state index contributed by atoms with van der Waals surface area (Å²) in [6.45, 7) is 5.06. The van der Waals surface area contributed by atoms with Gasteiger partial charge in [-0.2, -0.15) is 0 Å². The fourth-order valence-electron chi connectivity index (χ4n) is 2.42. The van der Waals surface area contributed by atoms with Crippen LogP contribution in [0.25, 0.3) is 0 Å². The van der Waals surface area contributed by atoms with Gasteiger partial charge in [0.15, 0.2) is 8.68 Å². The zero-order chi connectivity index (χ0) is 19.9. The van der Waals surface area contributed by atoms with Crippen molar-refractivity contribution in [1.82, 2.24) is 15.1 Å². The molecule has 0 N–H and O–H groups in total. The smallest absolute Gasteiger partial charge is 0.233 e. The van der Waals surface area contributed by atoms with Crippen molar-refractivity contribution in [3.8, 4) is 0 Å². The van der Waals surface area contributed by atoms with E-state index in [-0.39, 0.29) is 5.91 Å². The second kappa shape index (κ2) is 10.4. The Balaban J connectivity index is 1.44. The molecule has 1 aromatic carbocycles. The minimum Gasteiger partial charge on any atom is -0.340 e. The molecule has 3 rings (SSSR count). The Hall–Kier alpha value is -1.35. The Bertz CT molecular complexity index is 875. The van der Waals surface area contributed by atoms with E-state index in [0.717, 1.165) is 14.4 Å². The van der Waals surface area contributed by atoms with E-state index in [2.05, 4.69) is 48.3 Å². The Morgan fingerprint density at radius 2 is 1.82 bits per heavy atom. The van der Waals surface area contributed by atoms with Gasteiger partial charge in [-0.25, -0.2) is 0 Å². The van der Waals surface area contributed by atoms with Crippen molar-refractivity contribution in [2.75, 3.05) is 12.8 Å². The van der Waals surface area contributed by atoms with Crippen molar-refractivity contribution in [3.05, 3.63) is 57.8 Å². The molecular formula is C20H23N3OS4. The van der Waals surface area contributed by atoms with E-state index in [1.807, 2.05) is 24.6 Å². The summed E-state index contributed by atoms with van der Waals surface area (Å²) in [6.07, 6.45) is 0. The largest absolute Gasteiger partial charge is 0.340 e. The molecule has 3 aromatic rings. The molecule has 0 saturated heterocycles. The van der Waals surface area contributed by atoms with Crippen LogP contribution < -0.4 is 0 Å². The molecule has 0 bridgehead atoms. The third-order valence-corrected chi connectivity index (χ3v) is 8.22. The third-order valence-electron chi connectivity index (χ3n) is 4.11. The van der Waals surface area contributed by atoms with Crippen molar-refractivity contribution >= 4 is 52.1 Å². The van der Waals surface area contributed by atoms with E-state index in [0.29, 0.717) is 18.2 Å². The molecule has 0 aliphatic heterocycles. The van der Waals surface area contributed by atoms with Crippen molar-refractivity contribution in [1.29, 1.82) is 0 Å². The lowest BCUT2D eigenvalue weighted by molar-refractivity contribution is -0.127. The molecule has 0 saturated carbocycles. The Kier molecular flexibility index (Phi) is 7.96. The van der Waals surface area contributed by atoms with Crippen molar-refractivity contribution in [3.63, 3.8) is 0 Å². The quantitative estimate of drug-likeness (QED) is 0.388. The lowest BCUT2D eigenvalue weighted by Crippen LogP contribution is -2.27. The Morgan fingerprint density at radius 1 is 1.11 bits per heavy atom. The highest BCUT2D eigenvalue weighted by atomic mass is 32.2. The first-order chi connectivity index (χ1) is 13.5. The van der Waals surface area contributed by atoms with E-state index < -0.39 is 0 Å². The molecular weight excluding hydrogens is 427 g/mol. The van der Waals surface area contributed by atoms with Gasteiger partial charge >= 0.3 is 0 Å². The maximum atomic E-state index is 12.3. The average Bonchev–Trinajstić information content (AvgIpc) is 3.36. The lowest BCUT2D eigenvalue weighted by Gasteiger charge is -2.15. The number of amides is 1. The minimum atomic E-state index is 0.105. The van der Waals surface area contributed by atoms with E-state index >= 15 is 0 Å².